The van der Waals surface area contributed by atoms with Crippen molar-refractivity contribution in [1.29, 1.82) is 0 Å². The number of oxazole rings is 1. The first kappa shape index (κ1) is 17.6. The van der Waals surface area contributed by atoms with Gasteiger partial charge in [0, 0.05) is 19.6 Å². The Bertz CT molecular complexity index is 884. The van der Waals surface area contributed by atoms with Crippen LogP contribution in [0.15, 0.2) is 52.9 Å². The van der Waals surface area contributed by atoms with Gasteiger partial charge >= 0.3 is 0 Å². The number of amides is 1. The molecule has 1 N–H and O–H groups in total. The van der Waals surface area contributed by atoms with Crippen LogP contribution in [0.4, 0.5) is 6.01 Å². The fourth-order valence-electron chi connectivity index (χ4n) is 3.59. The molecular weight excluding hydrogens is 338 g/mol. The molecule has 2 aromatic carbocycles. The normalized spacial score (nSPS) is 17.2. The van der Waals surface area contributed by atoms with Crippen LogP contribution in [-0.4, -0.2) is 24.0 Å². The number of nitrogens with one attached hydrogen (secondary N) is 1. The molecule has 0 unspecified atom stereocenters. The number of anilines is 1. The number of para-hydroxylation sites is 2. The molecule has 0 bridgehead atoms. The van der Waals surface area contributed by atoms with Gasteiger partial charge in [-0.2, -0.15) is 4.98 Å². The lowest BCUT2D eigenvalue weighted by atomic mass is 9.97. The summed E-state index contributed by atoms with van der Waals surface area (Å²) in [7, 11) is 0. The fraction of sp³-hybridized carbons (Fsp3) is 0.364. The Hall–Kier alpha value is -2.82. The molecule has 2 heterocycles. The van der Waals surface area contributed by atoms with Gasteiger partial charge in [-0.1, -0.05) is 43.3 Å². The highest BCUT2D eigenvalue weighted by molar-refractivity contribution is 5.79. The van der Waals surface area contributed by atoms with Crippen LogP contribution in [0.3, 0.4) is 0 Å². The Morgan fingerprint density at radius 1 is 1.19 bits per heavy atom. The second-order valence-electron chi connectivity index (χ2n) is 7.14. The number of aromatic nitrogens is 1. The smallest absolute Gasteiger partial charge is 0.298 e. The van der Waals surface area contributed by atoms with E-state index in [2.05, 4.69) is 46.4 Å². The van der Waals surface area contributed by atoms with E-state index in [9.17, 15) is 4.79 Å². The Kier molecular flexibility index (Phi) is 5.10. The van der Waals surface area contributed by atoms with Crippen molar-refractivity contribution in [3.8, 4) is 0 Å². The Balaban J connectivity index is 1.37. The topological polar surface area (TPSA) is 58.4 Å². The van der Waals surface area contributed by atoms with Crippen molar-refractivity contribution in [3.05, 3.63) is 59.7 Å². The maximum atomic E-state index is 12.7. The third kappa shape index (κ3) is 3.97. The minimum atomic E-state index is -0.0383. The van der Waals surface area contributed by atoms with Crippen LogP contribution in [-0.2, 0) is 17.8 Å². The molecule has 0 aliphatic carbocycles. The predicted octanol–water partition coefficient (Wildman–Crippen LogP) is 3.92. The van der Waals surface area contributed by atoms with E-state index in [4.69, 9.17) is 4.42 Å². The number of rotatable bonds is 5. The van der Waals surface area contributed by atoms with E-state index in [1.165, 1.54) is 5.56 Å². The summed E-state index contributed by atoms with van der Waals surface area (Å²) >= 11 is 0. The molecule has 1 aliphatic heterocycles. The van der Waals surface area contributed by atoms with Gasteiger partial charge in [0.15, 0.2) is 5.58 Å². The summed E-state index contributed by atoms with van der Waals surface area (Å²) in [6.07, 6.45) is 2.89. The lowest BCUT2D eigenvalue weighted by Gasteiger charge is -2.30. The van der Waals surface area contributed by atoms with Crippen molar-refractivity contribution in [3.63, 3.8) is 0 Å². The molecule has 1 amide bonds. The minimum absolute atomic E-state index is 0.0383. The molecule has 140 valence electrons. The SMILES string of the molecule is CCc1ccc(CNC(=O)[C@H]2CCCN(c3nc4ccccc4o3)C2)cc1. The lowest BCUT2D eigenvalue weighted by Crippen LogP contribution is -2.43. The van der Waals surface area contributed by atoms with Crippen LogP contribution in [0.1, 0.15) is 30.9 Å². The quantitative estimate of drug-likeness (QED) is 0.746. The molecule has 1 saturated heterocycles. The average molecular weight is 363 g/mol. The second kappa shape index (κ2) is 7.82. The van der Waals surface area contributed by atoms with Crippen molar-refractivity contribution in [1.82, 2.24) is 10.3 Å². The van der Waals surface area contributed by atoms with Gasteiger partial charge in [-0.05, 0) is 42.5 Å². The molecule has 1 fully saturated rings. The fourth-order valence-corrected chi connectivity index (χ4v) is 3.59. The number of benzene rings is 2. The molecule has 5 heteroatoms. The predicted molar refractivity (Wildman–Crippen MR) is 107 cm³/mol. The van der Waals surface area contributed by atoms with E-state index in [1.54, 1.807) is 0 Å². The monoisotopic (exact) mass is 363 g/mol. The summed E-state index contributed by atoms with van der Waals surface area (Å²) in [6, 6.07) is 16.8. The molecule has 1 aliphatic rings. The standard InChI is InChI=1S/C22H25N3O2/c1-2-16-9-11-17(12-10-16)14-23-21(26)18-6-5-13-25(15-18)22-24-19-7-3-4-8-20(19)27-22/h3-4,7-12,18H,2,5-6,13-15H2,1H3,(H,23,26)/t18-/m0/s1. The van der Waals surface area contributed by atoms with Gasteiger partial charge in [-0.25, -0.2) is 0 Å². The summed E-state index contributed by atoms with van der Waals surface area (Å²) < 4.78 is 5.87. The summed E-state index contributed by atoms with van der Waals surface area (Å²) in [5.41, 5.74) is 4.09. The number of hydrogen-bond acceptors (Lipinski definition) is 4. The molecule has 5 nitrogen and oxygen atoms in total. The molecule has 3 aromatic rings. The van der Waals surface area contributed by atoms with Crippen LogP contribution < -0.4 is 10.2 Å². The first-order valence-corrected chi connectivity index (χ1v) is 9.69. The zero-order chi connectivity index (χ0) is 18.6. The van der Waals surface area contributed by atoms with E-state index in [1.807, 2.05) is 24.3 Å². The van der Waals surface area contributed by atoms with Gasteiger partial charge in [0.25, 0.3) is 6.01 Å². The molecule has 27 heavy (non-hydrogen) atoms. The van der Waals surface area contributed by atoms with Gasteiger partial charge in [-0.15, -0.1) is 0 Å². The molecule has 0 spiro atoms. The van der Waals surface area contributed by atoms with Crippen molar-refractivity contribution in [2.45, 2.75) is 32.7 Å². The second-order valence-corrected chi connectivity index (χ2v) is 7.14. The Morgan fingerprint density at radius 3 is 2.74 bits per heavy atom. The van der Waals surface area contributed by atoms with Crippen molar-refractivity contribution in [2.24, 2.45) is 5.92 Å². The first-order valence-electron chi connectivity index (χ1n) is 9.69. The van der Waals surface area contributed by atoms with E-state index < -0.39 is 0 Å². The summed E-state index contributed by atoms with van der Waals surface area (Å²) in [5.74, 6) is 0.0686. The van der Waals surface area contributed by atoms with E-state index >= 15 is 0 Å². The van der Waals surface area contributed by atoms with Crippen LogP contribution in [0, 0.1) is 5.92 Å². The number of hydrogen-bond donors (Lipinski definition) is 1. The van der Waals surface area contributed by atoms with E-state index in [0.717, 1.165) is 42.5 Å². The zero-order valence-electron chi connectivity index (χ0n) is 15.6. The van der Waals surface area contributed by atoms with Gasteiger partial charge in [0.2, 0.25) is 5.91 Å². The maximum Gasteiger partial charge on any atom is 0.298 e. The van der Waals surface area contributed by atoms with Crippen molar-refractivity contribution in [2.75, 3.05) is 18.0 Å². The van der Waals surface area contributed by atoms with Crippen LogP contribution >= 0.6 is 0 Å². The molecule has 0 saturated carbocycles. The molecule has 1 aromatic heterocycles. The van der Waals surface area contributed by atoms with Crippen molar-refractivity contribution >= 4 is 23.0 Å². The van der Waals surface area contributed by atoms with Gasteiger partial charge in [0.05, 0.1) is 5.92 Å². The highest BCUT2D eigenvalue weighted by atomic mass is 16.4. The van der Waals surface area contributed by atoms with Gasteiger partial charge in [0.1, 0.15) is 5.52 Å². The third-order valence-electron chi connectivity index (χ3n) is 5.24. The summed E-state index contributed by atoms with van der Waals surface area (Å²) in [5, 5.41) is 3.09. The Labute approximate surface area is 159 Å². The van der Waals surface area contributed by atoms with E-state index in [-0.39, 0.29) is 11.8 Å². The van der Waals surface area contributed by atoms with Gasteiger partial charge < -0.3 is 14.6 Å². The van der Waals surface area contributed by atoms with E-state index in [0.29, 0.717) is 19.1 Å². The molecule has 1 atom stereocenters. The molecule has 4 rings (SSSR count). The van der Waals surface area contributed by atoms with Crippen LogP contribution in [0.2, 0.25) is 0 Å². The first-order chi connectivity index (χ1) is 13.2. The van der Waals surface area contributed by atoms with Crippen LogP contribution in [0.25, 0.3) is 11.1 Å². The number of aryl methyl sites for hydroxylation is 1. The number of carbonyl (C=O) groups is 1. The number of piperidine rings is 1. The lowest BCUT2D eigenvalue weighted by molar-refractivity contribution is -0.125. The largest absolute Gasteiger partial charge is 0.423 e. The van der Waals surface area contributed by atoms with Crippen LogP contribution in [0.5, 0.6) is 0 Å². The molecule has 0 radical (unpaired) electrons. The average Bonchev–Trinajstić information content (AvgIpc) is 3.17. The highest BCUT2D eigenvalue weighted by Gasteiger charge is 2.28. The summed E-state index contributed by atoms with van der Waals surface area (Å²) in [6.45, 7) is 4.23. The number of carbonyl (C=O) groups excluding carboxylic acids is 1. The number of fused-ring (bicyclic) bond motifs is 1. The Morgan fingerprint density at radius 2 is 1.96 bits per heavy atom. The number of nitrogens with zero attached hydrogens (tertiary/aromatic N) is 2. The maximum absolute atomic E-state index is 12.7. The molecular formula is C22H25N3O2. The third-order valence-corrected chi connectivity index (χ3v) is 5.24. The van der Waals surface area contributed by atoms with Gasteiger partial charge in [-0.3, -0.25) is 4.79 Å². The van der Waals surface area contributed by atoms with Crippen molar-refractivity contribution < 1.29 is 9.21 Å². The minimum Gasteiger partial charge on any atom is -0.423 e. The summed E-state index contributed by atoms with van der Waals surface area (Å²) in [4.78, 5) is 19.3. The highest BCUT2D eigenvalue weighted by Crippen LogP contribution is 2.26. The zero-order valence-corrected chi connectivity index (χ0v) is 15.6.